The number of ketones is 1. The van der Waals surface area contributed by atoms with Gasteiger partial charge in [-0.3, -0.25) is 9.69 Å². The summed E-state index contributed by atoms with van der Waals surface area (Å²) in [7, 11) is 1.73. The van der Waals surface area contributed by atoms with Gasteiger partial charge < -0.3 is 9.47 Å². The number of hydrogen-bond acceptors (Lipinski definition) is 4. The van der Waals surface area contributed by atoms with E-state index >= 15 is 0 Å². The van der Waals surface area contributed by atoms with Gasteiger partial charge in [0.15, 0.2) is 11.5 Å². The van der Waals surface area contributed by atoms with Crippen molar-refractivity contribution in [2.45, 2.75) is 62.8 Å². The van der Waals surface area contributed by atoms with Gasteiger partial charge in [-0.05, 0) is 80.3 Å². The van der Waals surface area contributed by atoms with E-state index in [2.05, 4.69) is 47.4 Å². The molecule has 4 nitrogen and oxygen atoms in total. The molecule has 1 heterocycles. The van der Waals surface area contributed by atoms with E-state index in [0.29, 0.717) is 24.7 Å². The number of para-hydroxylation sites is 1. The fourth-order valence-corrected chi connectivity index (χ4v) is 8.21. The largest absolute Gasteiger partial charge is 0.493 e. The van der Waals surface area contributed by atoms with E-state index in [4.69, 9.17) is 9.47 Å². The van der Waals surface area contributed by atoms with Crippen LogP contribution in [0.4, 0.5) is 0 Å². The summed E-state index contributed by atoms with van der Waals surface area (Å²) in [6.07, 6.45) is 7.92. The van der Waals surface area contributed by atoms with Crippen molar-refractivity contribution in [3.05, 3.63) is 89.5 Å². The van der Waals surface area contributed by atoms with Crippen LogP contribution < -0.4 is 9.47 Å². The van der Waals surface area contributed by atoms with E-state index in [0.717, 1.165) is 55.4 Å². The third-order valence-electron chi connectivity index (χ3n) is 10.0. The number of fused-ring (bicyclic) bond motifs is 1. The molecule has 0 spiro atoms. The smallest absolute Gasteiger partial charge is 0.173 e. The van der Waals surface area contributed by atoms with Crippen molar-refractivity contribution in [3.8, 4) is 17.2 Å². The zero-order chi connectivity index (χ0) is 25.7. The maximum atomic E-state index is 13.4. The molecule has 3 aromatic rings. The fraction of sp³-hybridized carbons (Fsp3) is 0.441. The quantitative estimate of drug-likeness (QED) is 0.355. The highest BCUT2D eigenvalue weighted by Crippen LogP contribution is 2.66. The Morgan fingerprint density at radius 2 is 1.71 bits per heavy atom. The summed E-state index contributed by atoms with van der Waals surface area (Å²) in [5.74, 6) is 3.62. The predicted molar refractivity (Wildman–Crippen MR) is 149 cm³/mol. The number of carbonyl (C=O) groups excluding carboxylic acids is 1. The molecule has 1 saturated heterocycles. The second kappa shape index (κ2) is 9.27. The Labute approximate surface area is 226 Å². The number of methoxy groups -OCH3 is 1. The van der Waals surface area contributed by atoms with Crippen molar-refractivity contribution in [2.75, 3.05) is 20.2 Å². The molecule has 0 N–H and O–H groups in total. The first kappa shape index (κ1) is 24.0. The molecule has 0 aromatic heterocycles. The Hall–Kier alpha value is -3.11. The predicted octanol–water partition coefficient (Wildman–Crippen LogP) is 6.75. The number of benzene rings is 3. The lowest BCUT2D eigenvalue weighted by Gasteiger charge is -2.66. The molecule has 196 valence electrons. The van der Waals surface area contributed by atoms with Crippen molar-refractivity contribution in [2.24, 2.45) is 11.3 Å². The van der Waals surface area contributed by atoms with Crippen LogP contribution in [0, 0.1) is 11.3 Å². The van der Waals surface area contributed by atoms with Gasteiger partial charge in [-0.25, -0.2) is 0 Å². The third kappa shape index (κ3) is 3.79. The number of likely N-dealkylation sites (tertiary alicyclic amines) is 1. The summed E-state index contributed by atoms with van der Waals surface area (Å²) in [6.45, 7) is 2.25. The van der Waals surface area contributed by atoms with Gasteiger partial charge in [-0.2, -0.15) is 0 Å². The number of Topliss-reactive ketones (excluding diaryl/α,β-unsaturated/α-hetero) is 1. The van der Waals surface area contributed by atoms with Gasteiger partial charge in [0.2, 0.25) is 0 Å². The molecular weight excluding hydrogens is 470 g/mol. The molecule has 0 amide bonds. The summed E-state index contributed by atoms with van der Waals surface area (Å²) < 4.78 is 12.7. The average molecular weight is 508 g/mol. The van der Waals surface area contributed by atoms with Gasteiger partial charge in [0.05, 0.1) is 7.11 Å². The number of nitrogens with zero attached hydrogens (tertiary/aromatic N) is 1. The lowest BCUT2D eigenvalue weighted by Crippen LogP contribution is -2.69. The summed E-state index contributed by atoms with van der Waals surface area (Å²) >= 11 is 0. The van der Waals surface area contributed by atoms with Crippen LogP contribution >= 0.6 is 0 Å². The molecule has 3 aromatic carbocycles. The van der Waals surface area contributed by atoms with Crippen LogP contribution in [-0.2, 0) is 23.1 Å². The van der Waals surface area contributed by atoms with E-state index in [-0.39, 0.29) is 10.8 Å². The van der Waals surface area contributed by atoms with Crippen molar-refractivity contribution in [1.82, 2.24) is 4.90 Å². The van der Waals surface area contributed by atoms with Crippen molar-refractivity contribution < 1.29 is 14.3 Å². The summed E-state index contributed by atoms with van der Waals surface area (Å²) in [6, 6.07) is 25.8. The maximum Gasteiger partial charge on any atom is 0.173 e. The van der Waals surface area contributed by atoms with Crippen LogP contribution in [0.2, 0.25) is 0 Å². The van der Waals surface area contributed by atoms with Crippen LogP contribution in [0.25, 0.3) is 0 Å². The Bertz CT molecular complexity index is 1330. The second-order valence-electron chi connectivity index (χ2n) is 12.1. The molecule has 1 aliphatic heterocycles. The number of piperidine rings is 1. The fourth-order valence-electron chi connectivity index (χ4n) is 8.21. The van der Waals surface area contributed by atoms with E-state index in [1.807, 2.05) is 30.3 Å². The van der Waals surface area contributed by atoms with Gasteiger partial charge in [-0.1, -0.05) is 54.6 Å². The molecule has 7 rings (SSSR count). The van der Waals surface area contributed by atoms with Gasteiger partial charge in [0, 0.05) is 41.8 Å². The first-order valence-electron chi connectivity index (χ1n) is 14.3. The molecule has 3 atom stereocenters. The van der Waals surface area contributed by atoms with Crippen LogP contribution in [0.5, 0.6) is 17.2 Å². The summed E-state index contributed by atoms with van der Waals surface area (Å²) in [5, 5.41) is 0. The maximum absolute atomic E-state index is 13.4. The van der Waals surface area contributed by atoms with E-state index in [1.165, 1.54) is 36.1 Å². The van der Waals surface area contributed by atoms with Crippen molar-refractivity contribution in [1.29, 1.82) is 0 Å². The SMILES string of the molecule is COc1ccc2c(c1Oc1ccccc1)[C@]13CCN(CC4CC4)C(C2)[C@]1(Cc1ccccc1)CCC(=O)C3. The van der Waals surface area contributed by atoms with Gasteiger partial charge in [-0.15, -0.1) is 0 Å². The zero-order valence-electron chi connectivity index (χ0n) is 22.3. The molecule has 4 aliphatic rings. The Morgan fingerprint density at radius 3 is 2.45 bits per heavy atom. The molecule has 3 aliphatic carbocycles. The highest BCUT2D eigenvalue weighted by Gasteiger charge is 2.66. The van der Waals surface area contributed by atoms with Crippen molar-refractivity contribution >= 4 is 5.78 Å². The molecule has 0 radical (unpaired) electrons. The molecule has 3 fully saturated rings. The highest BCUT2D eigenvalue weighted by molar-refractivity contribution is 5.83. The van der Waals surface area contributed by atoms with Crippen LogP contribution in [0.3, 0.4) is 0 Å². The monoisotopic (exact) mass is 507 g/mol. The lowest BCUT2D eigenvalue weighted by molar-refractivity contribution is -0.139. The number of rotatable bonds is 7. The van der Waals surface area contributed by atoms with E-state index < -0.39 is 0 Å². The normalized spacial score (nSPS) is 28.3. The highest BCUT2D eigenvalue weighted by atomic mass is 16.5. The third-order valence-corrected chi connectivity index (χ3v) is 10.0. The molecule has 2 bridgehead atoms. The molecule has 4 heteroatoms. The summed E-state index contributed by atoms with van der Waals surface area (Å²) in [5.41, 5.74) is 3.66. The standard InChI is InChI=1S/C34H37NO3/c1-37-29-15-14-26-20-30-33(21-24-8-4-2-5-9-24)17-16-27(36)22-34(33,18-19-35(30)23-25-12-13-25)31(26)32(29)38-28-10-6-3-7-11-28/h2-11,14-15,25,30H,12-13,16-23H2,1H3/t30?,33-,34-/m1/s1. The van der Waals surface area contributed by atoms with Crippen LogP contribution in [0.1, 0.15) is 55.2 Å². The molecular formula is C34H37NO3. The Balaban J connectivity index is 1.45. The minimum Gasteiger partial charge on any atom is -0.493 e. The lowest BCUT2D eigenvalue weighted by atomic mass is 9.42. The van der Waals surface area contributed by atoms with E-state index in [1.54, 1.807) is 7.11 Å². The van der Waals surface area contributed by atoms with Gasteiger partial charge in [0.1, 0.15) is 11.5 Å². The number of hydrogen-bond donors (Lipinski definition) is 0. The first-order valence-corrected chi connectivity index (χ1v) is 14.3. The Morgan fingerprint density at radius 1 is 0.947 bits per heavy atom. The minimum atomic E-state index is -0.269. The number of carbonyl (C=O) groups is 1. The van der Waals surface area contributed by atoms with E-state index in [9.17, 15) is 4.79 Å². The Kier molecular flexibility index (Phi) is 5.85. The first-order chi connectivity index (χ1) is 18.6. The van der Waals surface area contributed by atoms with Crippen LogP contribution in [-0.4, -0.2) is 36.9 Å². The van der Waals surface area contributed by atoms with Crippen LogP contribution in [0.15, 0.2) is 72.8 Å². The zero-order valence-corrected chi connectivity index (χ0v) is 22.3. The average Bonchev–Trinajstić information content (AvgIpc) is 3.76. The topological polar surface area (TPSA) is 38.8 Å². The van der Waals surface area contributed by atoms with Gasteiger partial charge in [0.25, 0.3) is 0 Å². The van der Waals surface area contributed by atoms with Gasteiger partial charge >= 0.3 is 0 Å². The number of ether oxygens (including phenoxy) is 2. The summed E-state index contributed by atoms with van der Waals surface area (Å²) in [4.78, 5) is 16.2. The second-order valence-corrected chi connectivity index (χ2v) is 12.1. The molecule has 38 heavy (non-hydrogen) atoms. The molecule has 2 saturated carbocycles. The van der Waals surface area contributed by atoms with Crippen molar-refractivity contribution in [3.63, 3.8) is 0 Å². The molecule has 1 unspecified atom stereocenters. The minimum absolute atomic E-state index is 0.0242.